The lowest BCUT2D eigenvalue weighted by atomic mass is 10.0. The van der Waals surface area contributed by atoms with Gasteiger partial charge in [-0.1, -0.05) is 42.5 Å². The Labute approximate surface area is 164 Å². The van der Waals surface area contributed by atoms with Crippen molar-refractivity contribution in [2.45, 2.75) is 12.7 Å². The third-order valence-electron chi connectivity index (χ3n) is 4.36. The van der Waals surface area contributed by atoms with Crippen LogP contribution in [-0.4, -0.2) is 24.7 Å². The third-order valence-corrected chi connectivity index (χ3v) is 4.36. The van der Waals surface area contributed by atoms with E-state index in [0.717, 1.165) is 16.3 Å². The molecule has 29 heavy (non-hydrogen) atoms. The Kier molecular flexibility index (Phi) is 4.75. The first-order valence-corrected chi connectivity index (χ1v) is 8.83. The third kappa shape index (κ3) is 4.26. The Balaban J connectivity index is 1.32. The molecule has 1 heterocycles. The van der Waals surface area contributed by atoms with Gasteiger partial charge in [0.15, 0.2) is 11.5 Å². The lowest BCUT2D eigenvalue weighted by Crippen LogP contribution is -2.33. The van der Waals surface area contributed by atoms with Crippen LogP contribution in [0.4, 0.5) is 14.5 Å². The summed E-state index contributed by atoms with van der Waals surface area (Å²) < 4.78 is 34.7. The molecule has 8 heteroatoms. The van der Waals surface area contributed by atoms with E-state index in [0.29, 0.717) is 0 Å². The highest BCUT2D eigenvalue weighted by Crippen LogP contribution is 2.42. The lowest BCUT2D eigenvalue weighted by Gasteiger charge is -2.09. The van der Waals surface area contributed by atoms with E-state index >= 15 is 0 Å². The maximum absolute atomic E-state index is 13.0. The Hall–Kier alpha value is -3.68. The van der Waals surface area contributed by atoms with Crippen LogP contribution in [0.2, 0.25) is 0 Å². The summed E-state index contributed by atoms with van der Waals surface area (Å²) in [6, 6.07) is 17.3. The number of rotatable bonds is 5. The molecule has 0 spiro atoms. The first kappa shape index (κ1) is 18.7. The Morgan fingerprint density at radius 2 is 1.66 bits per heavy atom. The van der Waals surface area contributed by atoms with Crippen LogP contribution in [0.15, 0.2) is 60.7 Å². The summed E-state index contributed by atoms with van der Waals surface area (Å²) in [5.41, 5.74) is 1.11. The summed E-state index contributed by atoms with van der Waals surface area (Å²) in [5, 5.41) is 7.08. The molecule has 0 atom stereocenters. The molecule has 148 valence electrons. The number of anilines is 1. The Morgan fingerprint density at radius 3 is 2.52 bits per heavy atom. The second-order valence-electron chi connectivity index (χ2n) is 6.47. The molecule has 0 saturated carbocycles. The zero-order valence-corrected chi connectivity index (χ0v) is 15.1. The van der Waals surface area contributed by atoms with Gasteiger partial charge in [-0.2, -0.15) is 0 Å². The van der Waals surface area contributed by atoms with Crippen LogP contribution < -0.4 is 20.1 Å². The van der Waals surface area contributed by atoms with Gasteiger partial charge in [0.2, 0.25) is 11.8 Å². The number of ether oxygens (including phenoxy) is 2. The highest BCUT2D eigenvalue weighted by molar-refractivity contribution is 5.96. The zero-order chi connectivity index (χ0) is 20.4. The van der Waals surface area contributed by atoms with Crippen molar-refractivity contribution in [2.75, 3.05) is 11.9 Å². The maximum atomic E-state index is 13.0. The van der Waals surface area contributed by atoms with E-state index in [1.54, 1.807) is 0 Å². The molecule has 0 aromatic heterocycles. The smallest absolute Gasteiger partial charge is 0.395 e. The van der Waals surface area contributed by atoms with Crippen molar-refractivity contribution in [3.05, 3.63) is 66.2 Å². The molecule has 0 aliphatic carbocycles. The molecule has 2 amide bonds. The van der Waals surface area contributed by atoms with E-state index in [-0.39, 0.29) is 36.1 Å². The van der Waals surface area contributed by atoms with Crippen LogP contribution in [0, 0.1) is 0 Å². The molecular weight excluding hydrogens is 382 g/mol. The number of halogens is 2. The SMILES string of the molecule is O=C(Cc1cccc2ccccc12)NCC(=O)Nc1ccc2c(c1)OC(F)(F)O2. The summed E-state index contributed by atoms with van der Waals surface area (Å²) >= 11 is 0. The average molecular weight is 398 g/mol. The first-order chi connectivity index (χ1) is 13.9. The van der Waals surface area contributed by atoms with Crippen LogP contribution in [-0.2, 0) is 16.0 Å². The van der Waals surface area contributed by atoms with Crippen LogP contribution in [0.1, 0.15) is 5.56 Å². The minimum absolute atomic E-state index is 0.114. The van der Waals surface area contributed by atoms with E-state index in [4.69, 9.17) is 0 Å². The number of benzene rings is 3. The molecule has 0 bridgehead atoms. The van der Waals surface area contributed by atoms with Crippen molar-refractivity contribution in [3.8, 4) is 11.5 Å². The van der Waals surface area contributed by atoms with E-state index < -0.39 is 12.2 Å². The lowest BCUT2D eigenvalue weighted by molar-refractivity contribution is -0.286. The van der Waals surface area contributed by atoms with Gasteiger partial charge < -0.3 is 20.1 Å². The predicted octanol–water partition coefficient (Wildman–Crippen LogP) is 3.46. The van der Waals surface area contributed by atoms with Gasteiger partial charge in [-0.3, -0.25) is 9.59 Å². The Morgan fingerprint density at radius 1 is 0.897 bits per heavy atom. The molecule has 0 radical (unpaired) electrons. The predicted molar refractivity (Wildman–Crippen MR) is 102 cm³/mol. The van der Waals surface area contributed by atoms with Crippen molar-refractivity contribution < 1.29 is 27.8 Å². The standard InChI is InChI=1S/C21H16F2N2O4/c22-21(23)28-17-9-8-15(11-18(17)29-21)25-20(27)12-24-19(26)10-14-6-3-5-13-4-1-2-7-16(13)14/h1-9,11H,10,12H2,(H,24,26)(H,25,27). The fourth-order valence-electron chi connectivity index (χ4n) is 3.09. The van der Waals surface area contributed by atoms with Crippen LogP contribution in [0.25, 0.3) is 10.8 Å². The number of fused-ring (bicyclic) bond motifs is 2. The highest BCUT2D eigenvalue weighted by atomic mass is 19.3. The molecule has 1 aliphatic rings. The van der Waals surface area contributed by atoms with Gasteiger partial charge in [0.1, 0.15) is 0 Å². The highest BCUT2D eigenvalue weighted by Gasteiger charge is 2.43. The topological polar surface area (TPSA) is 76.7 Å². The minimum atomic E-state index is -3.72. The second-order valence-corrected chi connectivity index (χ2v) is 6.47. The van der Waals surface area contributed by atoms with E-state index in [1.807, 2.05) is 42.5 Å². The zero-order valence-electron chi connectivity index (χ0n) is 15.1. The van der Waals surface area contributed by atoms with E-state index in [1.165, 1.54) is 18.2 Å². The maximum Gasteiger partial charge on any atom is 0.586 e. The summed E-state index contributed by atoms with van der Waals surface area (Å²) in [6.07, 6.45) is -3.59. The number of amides is 2. The largest absolute Gasteiger partial charge is 0.586 e. The quantitative estimate of drug-likeness (QED) is 0.690. The molecule has 6 nitrogen and oxygen atoms in total. The summed E-state index contributed by atoms with van der Waals surface area (Å²) in [4.78, 5) is 24.3. The molecule has 2 N–H and O–H groups in total. The van der Waals surface area contributed by atoms with Crippen molar-refractivity contribution in [3.63, 3.8) is 0 Å². The van der Waals surface area contributed by atoms with Gasteiger partial charge in [-0.25, -0.2) is 0 Å². The van der Waals surface area contributed by atoms with Gasteiger partial charge in [0, 0.05) is 11.8 Å². The van der Waals surface area contributed by atoms with Gasteiger partial charge in [0.05, 0.1) is 13.0 Å². The number of nitrogens with one attached hydrogen (secondary N) is 2. The monoisotopic (exact) mass is 398 g/mol. The van der Waals surface area contributed by atoms with Crippen LogP contribution >= 0.6 is 0 Å². The molecule has 3 aromatic carbocycles. The number of hydrogen-bond donors (Lipinski definition) is 2. The molecule has 0 unspecified atom stereocenters. The number of carbonyl (C=O) groups is 2. The summed E-state index contributed by atoms with van der Waals surface area (Å²) in [6.45, 7) is -0.256. The summed E-state index contributed by atoms with van der Waals surface area (Å²) in [7, 11) is 0. The minimum Gasteiger partial charge on any atom is -0.395 e. The number of hydrogen-bond acceptors (Lipinski definition) is 4. The molecular formula is C21H16F2N2O4. The van der Waals surface area contributed by atoms with E-state index in [9.17, 15) is 18.4 Å². The fraction of sp³-hybridized carbons (Fsp3) is 0.143. The van der Waals surface area contributed by atoms with E-state index in [2.05, 4.69) is 20.1 Å². The van der Waals surface area contributed by atoms with Gasteiger partial charge in [0.25, 0.3) is 0 Å². The Bertz CT molecular complexity index is 1100. The van der Waals surface area contributed by atoms with Gasteiger partial charge in [-0.05, 0) is 28.5 Å². The molecule has 3 aromatic rings. The first-order valence-electron chi connectivity index (χ1n) is 8.83. The molecule has 0 saturated heterocycles. The van der Waals surface area contributed by atoms with Crippen molar-refractivity contribution in [1.82, 2.24) is 5.32 Å². The van der Waals surface area contributed by atoms with Crippen molar-refractivity contribution >= 4 is 28.3 Å². The molecule has 4 rings (SSSR count). The second kappa shape index (κ2) is 7.38. The number of alkyl halides is 2. The average Bonchev–Trinajstić information content (AvgIpc) is 3.00. The normalized spacial score (nSPS) is 13.9. The van der Waals surface area contributed by atoms with Gasteiger partial charge in [-0.15, -0.1) is 8.78 Å². The molecule has 1 aliphatic heterocycles. The van der Waals surface area contributed by atoms with Crippen LogP contribution in [0.3, 0.4) is 0 Å². The summed E-state index contributed by atoms with van der Waals surface area (Å²) in [5.74, 6) is -1.09. The van der Waals surface area contributed by atoms with Gasteiger partial charge >= 0.3 is 6.29 Å². The van der Waals surface area contributed by atoms with Crippen molar-refractivity contribution in [1.29, 1.82) is 0 Å². The fourth-order valence-corrected chi connectivity index (χ4v) is 3.09. The van der Waals surface area contributed by atoms with Crippen LogP contribution in [0.5, 0.6) is 11.5 Å². The molecule has 0 fully saturated rings. The number of carbonyl (C=O) groups excluding carboxylic acids is 2. The van der Waals surface area contributed by atoms with Crippen molar-refractivity contribution in [2.24, 2.45) is 0 Å².